The number of carbonyl (C=O) groups excluding carboxylic acids is 1. The van der Waals surface area contributed by atoms with Crippen LogP contribution in [0.4, 0.5) is 5.69 Å². The molecule has 0 heterocycles. The van der Waals surface area contributed by atoms with Gasteiger partial charge < -0.3 is 21.1 Å². The van der Waals surface area contributed by atoms with Gasteiger partial charge in [0.05, 0.1) is 6.61 Å². The number of benzene rings is 2. The molecule has 0 spiro atoms. The first-order chi connectivity index (χ1) is 11.2. The van der Waals surface area contributed by atoms with E-state index in [4.69, 9.17) is 10.5 Å². The number of nitrogens with one attached hydrogen (secondary N) is 2. The molecule has 0 aromatic heterocycles. The molecular formula is C18H23N3O2. The van der Waals surface area contributed by atoms with Crippen LogP contribution < -0.4 is 16.4 Å². The summed E-state index contributed by atoms with van der Waals surface area (Å²) in [5.74, 6) is -0.0970. The van der Waals surface area contributed by atoms with Gasteiger partial charge in [-0.25, -0.2) is 0 Å². The zero-order chi connectivity index (χ0) is 16.5. The highest BCUT2D eigenvalue weighted by molar-refractivity contribution is 5.94. The Bertz CT molecular complexity index is 626. The quantitative estimate of drug-likeness (QED) is 0.653. The number of anilines is 1. The van der Waals surface area contributed by atoms with Crippen LogP contribution in [0.5, 0.6) is 0 Å². The van der Waals surface area contributed by atoms with E-state index in [1.807, 2.05) is 36.4 Å². The van der Waals surface area contributed by atoms with Crippen molar-refractivity contribution < 1.29 is 9.53 Å². The summed E-state index contributed by atoms with van der Waals surface area (Å²) in [7, 11) is 1.67. The molecule has 0 unspecified atom stereocenters. The van der Waals surface area contributed by atoms with Crippen LogP contribution in [0.3, 0.4) is 0 Å². The molecule has 5 nitrogen and oxygen atoms in total. The molecule has 0 saturated heterocycles. The monoisotopic (exact) mass is 313 g/mol. The van der Waals surface area contributed by atoms with Gasteiger partial charge >= 0.3 is 0 Å². The summed E-state index contributed by atoms with van der Waals surface area (Å²) in [6.07, 6.45) is 0. The molecular weight excluding hydrogens is 290 g/mol. The average Bonchev–Trinajstić information content (AvgIpc) is 2.61. The molecule has 0 aliphatic heterocycles. The lowest BCUT2D eigenvalue weighted by molar-refractivity contribution is 0.0951. The molecule has 5 heteroatoms. The van der Waals surface area contributed by atoms with Crippen molar-refractivity contribution in [2.45, 2.75) is 13.1 Å². The fourth-order valence-electron chi connectivity index (χ4n) is 2.20. The highest BCUT2D eigenvalue weighted by atomic mass is 16.5. The average molecular weight is 313 g/mol. The van der Waals surface area contributed by atoms with Crippen LogP contribution in [0.15, 0.2) is 48.5 Å². The van der Waals surface area contributed by atoms with Crippen molar-refractivity contribution in [1.82, 2.24) is 5.32 Å². The number of para-hydroxylation sites is 1. The number of rotatable bonds is 8. The molecule has 0 aliphatic carbocycles. The Labute approximate surface area is 136 Å². The zero-order valence-corrected chi connectivity index (χ0v) is 13.3. The number of carbonyl (C=O) groups is 1. The third-order valence-corrected chi connectivity index (χ3v) is 3.53. The molecule has 0 fully saturated rings. The molecule has 23 heavy (non-hydrogen) atoms. The normalized spacial score (nSPS) is 10.3. The molecule has 4 N–H and O–H groups in total. The summed E-state index contributed by atoms with van der Waals surface area (Å²) in [6, 6.07) is 15.2. The van der Waals surface area contributed by atoms with E-state index in [9.17, 15) is 4.79 Å². The lowest BCUT2D eigenvalue weighted by Gasteiger charge is -2.12. The molecule has 122 valence electrons. The van der Waals surface area contributed by atoms with Gasteiger partial charge in [0.15, 0.2) is 0 Å². The second-order valence-electron chi connectivity index (χ2n) is 5.16. The summed E-state index contributed by atoms with van der Waals surface area (Å²) in [5.41, 5.74) is 9.24. The smallest absolute Gasteiger partial charge is 0.251 e. The minimum absolute atomic E-state index is 0.0970. The van der Waals surface area contributed by atoms with E-state index in [-0.39, 0.29) is 5.91 Å². The summed E-state index contributed by atoms with van der Waals surface area (Å²) in [5, 5.41) is 6.24. The number of ether oxygens (including phenoxy) is 1. The Morgan fingerprint density at radius 2 is 1.87 bits per heavy atom. The lowest BCUT2D eigenvalue weighted by Crippen LogP contribution is -2.23. The first-order valence-corrected chi connectivity index (χ1v) is 7.62. The Morgan fingerprint density at radius 1 is 1.13 bits per heavy atom. The lowest BCUT2D eigenvalue weighted by atomic mass is 10.1. The molecule has 2 rings (SSSR count). The predicted molar refractivity (Wildman–Crippen MR) is 92.3 cm³/mol. The maximum atomic E-state index is 12.2. The number of amides is 1. The molecule has 0 bridgehead atoms. The van der Waals surface area contributed by atoms with Crippen LogP contribution in [-0.2, 0) is 17.8 Å². The fourth-order valence-corrected chi connectivity index (χ4v) is 2.20. The van der Waals surface area contributed by atoms with Crippen molar-refractivity contribution >= 4 is 11.6 Å². The van der Waals surface area contributed by atoms with Crippen LogP contribution in [-0.4, -0.2) is 26.2 Å². The van der Waals surface area contributed by atoms with Gasteiger partial charge in [-0.2, -0.15) is 0 Å². The first kappa shape index (κ1) is 17.0. The third kappa shape index (κ3) is 5.09. The van der Waals surface area contributed by atoms with Gasteiger partial charge in [-0.05, 0) is 29.3 Å². The van der Waals surface area contributed by atoms with Gasteiger partial charge in [-0.1, -0.05) is 30.3 Å². The number of hydrogen-bond acceptors (Lipinski definition) is 4. The predicted octanol–water partition coefficient (Wildman–Crippen LogP) is 2.13. The summed E-state index contributed by atoms with van der Waals surface area (Å²) in [4.78, 5) is 12.2. The maximum Gasteiger partial charge on any atom is 0.251 e. The van der Waals surface area contributed by atoms with Gasteiger partial charge in [0.2, 0.25) is 0 Å². The molecule has 1 amide bonds. The van der Waals surface area contributed by atoms with E-state index in [2.05, 4.69) is 10.6 Å². The second-order valence-corrected chi connectivity index (χ2v) is 5.16. The van der Waals surface area contributed by atoms with Crippen molar-refractivity contribution in [1.29, 1.82) is 0 Å². The fraction of sp³-hybridized carbons (Fsp3) is 0.278. The van der Waals surface area contributed by atoms with Gasteiger partial charge in [-0.15, -0.1) is 0 Å². The molecule has 0 radical (unpaired) electrons. The Morgan fingerprint density at radius 3 is 2.57 bits per heavy atom. The molecule has 2 aromatic rings. The summed E-state index contributed by atoms with van der Waals surface area (Å²) in [6.45, 7) is 2.30. The van der Waals surface area contributed by atoms with Gasteiger partial charge in [0.25, 0.3) is 5.91 Å². The minimum atomic E-state index is -0.0970. The number of methoxy groups -OCH3 is 1. The van der Waals surface area contributed by atoms with Crippen LogP contribution >= 0.6 is 0 Å². The summed E-state index contributed by atoms with van der Waals surface area (Å²) >= 11 is 0. The Kier molecular flexibility index (Phi) is 6.59. The number of nitrogens with two attached hydrogens (primary N) is 1. The second kappa shape index (κ2) is 8.92. The van der Waals surface area contributed by atoms with Gasteiger partial charge in [0, 0.05) is 38.0 Å². The van der Waals surface area contributed by atoms with E-state index >= 15 is 0 Å². The van der Waals surface area contributed by atoms with Crippen LogP contribution in [0, 0.1) is 0 Å². The standard InChI is InChI=1S/C18H23N3O2/c1-23-11-10-20-17-5-3-2-4-16(17)13-21-18(22)15-8-6-14(12-19)7-9-15/h2-9,20H,10-13,19H2,1H3,(H,21,22). The van der Waals surface area contributed by atoms with Crippen molar-refractivity contribution in [3.63, 3.8) is 0 Å². The zero-order valence-electron chi connectivity index (χ0n) is 13.3. The van der Waals surface area contributed by atoms with E-state index in [1.165, 1.54) is 0 Å². The number of hydrogen-bond donors (Lipinski definition) is 3. The van der Waals surface area contributed by atoms with E-state index in [0.29, 0.717) is 25.3 Å². The first-order valence-electron chi connectivity index (χ1n) is 7.62. The van der Waals surface area contributed by atoms with Crippen LogP contribution in [0.25, 0.3) is 0 Å². The van der Waals surface area contributed by atoms with Gasteiger partial charge in [-0.3, -0.25) is 4.79 Å². The van der Waals surface area contributed by atoms with Crippen molar-refractivity contribution in [3.8, 4) is 0 Å². The van der Waals surface area contributed by atoms with Gasteiger partial charge in [0.1, 0.15) is 0 Å². The van der Waals surface area contributed by atoms with Crippen molar-refractivity contribution in [2.24, 2.45) is 5.73 Å². The summed E-state index contributed by atoms with van der Waals surface area (Å²) < 4.78 is 5.04. The Balaban J connectivity index is 1.95. The molecule has 0 saturated carbocycles. The largest absolute Gasteiger partial charge is 0.383 e. The Hall–Kier alpha value is -2.37. The SMILES string of the molecule is COCCNc1ccccc1CNC(=O)c1ccc(CN)cc1. The molecule has 0 atom stereocenters. The van der Waals surface area contributed by atoms with Crippen molar-refractivity contribution in [3.05, 3.63) is 65.2 Å². The van der Waals surface area contributed by atoms with Crippen LogP contribution in [0.1, 0.15) is 21.5 Å². The maximum absolute atomic E-state index is 12.2. The molecule has 0 aliphatic rings. The third-order valence-electron chi connectivity index (χ3n) is 3.53. The topological polar surface area (TPSA) is 76.4 Å². The van der Waals surface area contributed by atoms with E-state index < -0.39 is 0 Å². The molecule has 2 aromatic carbocycles. The highest BCUT2D eigenvalue weighted by Crippen LogP contribution is 2.14. The van der Waals surface area contributed by atoms with E-state index in [0.717, 1.165) is 23.4 Å². The van der Waals surface area contributed by atoms with E-state index in [1.54, 1.807) is 19.2 Å². The minimum Gasteiger partial charge on any atom is -0.383 e. The van der Waals surface area contributed by atoms with Crippen LogP contribution in [0.2, 0.25) is 0 Å². The highest BCUT2D eigenvalue weighted by Gasteiger charge is 2.07. The van der Waals surface area contributed by atoms with Crippen molar-refractivity contribution in [2.75, 3.05) is 25.6 Å².